The first kappa shape index (κ1) is 24.2. The van der Waals surface area contributed by atoms with Crippen molar-refractivity contribution in [1.29, 1.82) is 0 Å². The Labute approximate surface area is 212 Å². The molecule has 2 aliphatic heterocycles. The summed E-state index contributed by atoms with van der Waals surface area (Å²) in [6.07, 6.45) is 10.3. The smallest absolute Gasteiger partial charge is 0.244 e. The van der Waals surface area contributed by atoms with Crippen molar-refractivity contribution in [2.75, 3.05) is 18.0 Å². The standard InChI is InChI=1S/C28H34N6O2/c1-21-15-30-32(16-21)20-28(36)31-18-24-5-3-4-6-27(24)33(22(2)35)14-11-25-7-8-26(19-31)34(25)17-23-9-12-29-13-10-23/h3-6,9-10,12-13,15-16,25-26H,7-8,11,14,17-20H2,1-2H3/t25-,26+/m1/s1. The van der Waals surface area contributed by atoms with Crippen LogP contribution in [0.5, 0.6) is 0 Å². The van der Waals surface area contributed by atoms with Gasteiger partial charge in [0.05, 0.1) is 6.20 Å². The van der Waals surface area contributed by atoms with E-state index in [0.717, 1.165) is 42.6 Å². The first-order valence-electron chi connectivity index (χ1n) is 12.8. The van der Waals surface area contributed by atoms with Crippen molar-refractivity contribution in [2.45, 2.75) is 64.8 Å². The van der Waals surface area contributed by atoms with E-state index in [-0.39, 0.29) is 24.4 Å². The summed E-state index contributed by atoms with van der Waals surface area (Å²) in [4.78, 5) is 37.0. The number of anilines is 1. The highest BCUT2D eigenvalue weighted by molar-refractivity contribution is 5.92. The second-order valence-corrected chi connectivity index (χ2v) is 9.99. The Morgan fingerprint density at radius 2 is 1.81 bits per heavy atom. The first-order valence-corrected chi connectivity index (χ1v) is 12.8. The lowest BCUT2D eigenvalue weighted by Crippen LogP contribution is -2.45. The SMILES string of the molecule is CC(=O)N1CC[C@H]2CC[C@@H](CN(C(=O)Cn3cc(C)cn3)Cc3ccccc31)N2Cc1ccncc1. The molecule has 0 saturated carbocycles. The van der Waals surface area contributed by atoms with Crippen LogP contribution in [-0.2, 0) is 29.2 Å². The van der Waals surface area contributed by atoms with Gasteiger partial charge in [-0.1, -0.05) is 18.2 Å². The number of para-hydroxylation sites is 1. The molecule has 1 saturated heterocycles. The molecule has 3 aromatic rings. The number of carbonyl (C=O) groups excluding carboxylic acids is 2. The summed E-state index contributed by atoms with van der Waals surface area (Å²) in [7, 11) is 0. The summed E-state index contributed by atoms with van der Waals surface area (Å²) in [5.74, 6) is 0.0654. The Balaban J connectivity index is 1.49. The Hall–Kier alpha value is -3.52. The summed E-state index contributed by atoms with van der Waals surface area (Å²) >= 11 is 0. The van der Waals surface area contributed by atoms with Crippen molar-refractivity contribution >= 4 is 17.5 Å². The maximum absolute atomic E-state index is 13.6. The Morgan fingerprint density at radius 1 is 1.03 bits per heavy atom. The monoisotopic (exact) mass is 486 g/mol. The molecule has 4 heterocycles. The van der Waals surface area contributed by atoms with Gasteiger partial charge in [-0.25, -0.2) is 0 Å². The maximum atomic E-state index is 13.6. The van der Waals surface area contributed by atoms with Crippen LogP contribution in [0.1, 0.15) is 42.9 Å². The van der Waals surface area contributed by atoms with Gasteiger partial charge < -0.3 is 9.80 Å². The Bertz CT molecular complexity index is 1210. The van der Waals surface area contributed by atoms with Crippen LogP contribution in [0.3, 0.4) is 0 Å². The van der Waals surface area contributed by atoms with Crippen LogP contribution in [0.25, 0.3) is 0 Å². The molecule has 1 fully saturated rings. The first-order chi connectivity index (χ1) is 17.5. The molecule has 2 atom stereocenters. The van der Waals surface area contributed by atoms with Gasteiger partial charge in [-0.05, 0) is 61.1 Å². The van der Waals surface area contributed by atoms with Gasteiger partial charge in [0.15, 0.2) is 0 Å². The number of pyridine rings is 1. The number of rotatable bonds is 4. The zero-order chi connectivity index (χ0) is 25.1. The number of carbonyl (C=O) groups is 2. The summed E-state index contributed by atoms with van der Waals surface area (Å²) in [6, 6.07) is 12.7. The highest BCUT2D eigenvalue weighted by Gasteiger charge is 2.36. The molecule has 1 aromatic carbocycles. The summed E-state index contributed by atoms with van der Waals surface area (Å²) < 4.78 is 1.71. The van der Waals surface area contributed by atoms with Gasteiger partial charge in [0.25, 0.3) is 0 Å². The van der Waals surface area contributed by atoms with Crippen molar-refractivity contribution in [3.63, 3.8) is 0 Å². The molecule has 2 bridgehead atoms. The van der Waals surface area contributed by atoms with E-state index < -0.39 is 0 Å². The third-order valence-corrected chi connectivity index (χ3v) is 7.44. The van der Waals surface area contributed by atoms with Gasteiger partial charge in [-0.3, -0.25) is 24.2 Å². The normalized spacial score (nSPS) is 20.6. The quantitative estimate of drug-likeness (QED) is 0.565. The number of hydrogen-bond acceptors (Lipinski definition) is 5. The van der Waals surface area contributed by atoms with Gasteiger partial charge in [-0.2, -0.15) is 5.10 Å². The van der Waals surface area contributed by atoms with Crippen molar-refractivity contribution < 1.29 is 9.59 Å². The molecular formula is C28H34N6O2. The Kier molecular flexibility index (Phi) is 7.13. The van der Waals surface area contributed by atoms with E-state index in [4.69, 9.17) is 0 Å². The molecule has 2 aromatic heterocycles. The fraction of sp³-hybridized carbons (Fsp3) is 0.429. The van der Waals surface area contributed by atoms with Gasteiger partial charge >= 0.3 is 0 Å². The minimum absolute atomic E-state index is 0.0295. The second kappa shape index (κ2) is 10.6. The van der Waals surface area contributed by atoms with Crippen molar-refractivity contribution in [3.05, 3.63) is 77.9 Å². The highest BCUT2D eigenvalue weighted by Crippen LogP contribution is 2.32. The third kappa shape index (κ3) is 5.33. The predicted molar refractivity (Wildman–Crippen MR) is 138 cm³/mol. The average molecular weight is 487 g/mol. The number of benzene rings is 1. The number of amides is 2. The zero-order valence-corrected chi connectivity index (χ0v) is 21.1. The number of fused-ring (bicyclic) bond motifs is 3. The molecule has 8 nitrogen and oxygen atoms in total. The van der Waals surface area contributed by atoms with Crippen LogP contribution in [0.15, 0.2) is 61.2 Å². The number of aryl methyl sites for hydroxylation is 1. The van der Waals surface area contributed by atoms with E-state index in [2.05, 4.69) is 27.1 Å². The van der Waals surface area contributed by atoms with E-state index in [9.17, 15) is 9.59 Å². The number of nitrogens with zero attached hydrogens (tertiary/aromatic N) is 6. The van der Waals surface area contributed by atoms with E-state index in [1.807, 2.05) is 59.6 Å². The largest absolute Gasteiger partial charge is 0.335 e. The maximum Gasteiger partial charge on any atom is 0.244 e. The highest BCUT2D eigenvalue weighted by atomic mass is 16.2. The van der Waals surface area contributed by atoms with Gasteiger partial charge in [0.2, 0.25) is 11.8 Å². The minimum Gasteiger partial charge on any atom is -0.335 e. The van der Waals surface area contributed by atoms with Gasteiger partial charge in [-0.15, -0.1) is 0 Å². The number of aromatic nitrogens is 3. The average Bonchev–Trinajstić information content (AvgIpc) is 3.44. The molecule has 188 valence electrons. The molecular weight excluding hydrogens is 452 g/mol. The van der Waals surface area contributed by atoms with Crippen molar-refractivity contribution in [3.8, 4) is 0 Å². The fourth-order valence-corrected chi connectivity index (χ4v) is 5.62. The lowest BCUT2D eigenvalue weighted by Gasteiger charge is -2.34. The Morgan fingerprint density at radius 3 is 2.56 bits per heavy atom. The topological polar surface area (TPSA) is 74.6 Å². The molecule has 0 aliphatic carbocycles. The predicted octanol–water partition coefficient (Wildman–Crippen LogP) is 3.41. The van der Waals surface area contributed by atoms with Gasteiger partial charge in [0, 0.05) is 69.5 Å². The number of hydrogen-bond donors (Lipinski definition) is 0. The van der Waals surface area contributed by atoms with E-state index in [1.165, 1.54) is 5.56 Å². The van der Waals surface area contributed by atoms with Crippen LogP contribution >= 0.6 is 0 Å². The summed E-state index contributed by atoms with van der Waals surface area (Å²) in [5, 5.41) is 4.34. The molecule has 5 rings (SSSR count). The summed E-state index contributed by atoms with van der Waals surface area (Å²) in [5.41, 5.74) is 4.14. The molecule has 2 aliphatic rings. The second-order valence-electron chi connectivity index (χ2n) is 9.99. The van der Waals surface area contributed by atoms with E-state index >= 15 is 0 Å². The molecule has 2 amide bonds. The van der Waals surface area contributed by atoms with Crippen LogP contribution < -0.4 is 4.90 Å². The van der Waals surface area contributed by atoms with Crippen LogP contribution in [0.4, 0.5) is 5.69 Å². The molecule has 0 unspecified atom stereocenters. The van der Waals surface area contributed by atoms with E-state index in [0.29, 0.717) is 25.7 Å². The van der Waals surface area contributed by atoms with Crippen LogP contribution in [-0.4, -0.2) is 61.6 Å². The van der Waals surface area contributed by atoms with Crippen molar-refractivity contribution in [1.82, 2.24) is 24.6 Å². The third-order valence-electron chi connectivity index (χ3n) is 7.44. The minimum atomic E-state index is 0.0295. The lowest BCUT2D eigenvalue weighted by molar-refractivity contribution is -0.133. The molecule has 0 radical (unpaired) electrons. The molecule has 8 heteroatoms. The van der Waals surface area contributed by atoms with Crippen molar-refractivity contribution in [2.24, 2.45) is 0 Å². The fourth-order valence-electron chi connectivity index (χ4n) is 5.62. The molecule has 36 heavy (non-hydrogen) atoms. The van der Waals surface area contributed by atoms with Gasteiger partial charge in [0.1, 0.15) is 6.54 Å². The summed E-state index contributed by atoms with van der Waals surface area (Å²) in [6.45, 7) is 6.39. The van der Waals surface area contributed by atoms with E-state index in [1.54, 1.807) is 17.8 Å². The molecule has 0 N–H and O–H groups in total. The lowest BCUT2D eigenvalue weighted by atomic mass is 10.1. The molecule has 0 spiro atoms. The van der Waals surface area contributed by atoms with Crippen LogP contribution in [0.2, 0.25) is 0 Å². The van der Waals surface area contributed by atoms with Crippen LogP contribution in [0, 0.1) is 6.92 Å². The zero-order valence-electron chi connectivity index (χ0n) is 21.1.